The predicted octanol–water partition coefficient (Wildman–Crippen LogP) is 2.95. The zero-order valence-electron chi connectivity index (χ0n) is 12.1. The van der Waals surface area contributed by atoms with Gasteiger partial charge in [-0.05, 0) is 11.5 Å². The smallest absolute Gasteiger partial charge is 0.262 e. The topological polar surface area (TPSA) is 92.0 Å². The number of aromatic nitrogens is 2. The number of nitrogens with two attached hydrogens (primary N) is 1. The lowest BCUT2D eigenvalue weighted by atomic mass is 9.87. The Labute approximate surface area is 131 Å². The largest absolute Gasteiger partial charge is 0.493 e. The summed E-state index contributed by atoms with van der Waals surface area (Å²) in [4.78, 5) is 19.1. The van der Waals surface area contributed by atoms with E-state index in [1.165, 1.54) is 0 Å². The Morgan fingerprint density at radius 1 is 1.33 bits per heavy atom. The Bertz CT molecular complexity index is 720. The molecule has 4 N–H and O–H groups in total. The van der Waals surface area contributed by atoms with Gasteiger partial charge in [-0.25, -0.2) is 0 Å². The molecule has 0 aliphatic carbocycles. The van der Waals surface area contributed by atoms with Gasteiger partial charge in [-0.2, -0.15) is 4.98 Å². The van der Waals surface area contributed by atoms with Crippen molar-refractivity contribution in [2.45, 2.75) is 26.8 Å². The van der Waals surface area contributed by atoms with Crippen LogP contribution in [0.4, 0.5) is 0 Å². The zero-order valence-corrected chi connectivity index (χ0v) is 13.7. The maximum atomic E-state index is 12.3. The first-order valence-corrected chi connectivity index (χ1v) is 7.34. The summed E-state index contributed by atoms with van der Waals surface area (Å²) in [5, 5.41) is 10.2. The molecule has 0 saturated carbocycles. The van der Waals surface area contributed by atoms with Crippen LogP contribution in [-0.4, -0.2) is 15.1 Å². The second-order valence-corrected chi connectivity index (χ2v) is 6.83. The Balaban J connectivity index is 2.59. The van der Waals surface area contributed by atoms with Crippen LogP contribution in [0, 0.1) is 5.41 Å². The number of rotatable bonds is 2. The van der Waals surface area contributed by atoms with Gasteiger partial charge >= 0.3 is 0 Å². The van der Waals surface area contributed by atoms with Gasteiger partial charge in [-0.15, -0.1) is 0 Å². The van der Waals surface area contributed by atoms with Crippen molar-refractivity contribution in [1.29, 1.82) is 0 Å². The molecule has 5 nitrogen and oxygen atoms in total. The minimum Gasteiger partial charge on any atom is -0.493 e. The fraction of sp³-hybridized carbons (Fsp3) is 0.333. The summed E-state index contributed by atoms with van der Waals surface area (Å²) in [6.07, 6.45) is 0. The van der Waals surface area contributed by atoms with Crippen LogP contribution in [0.25, 0.3) is 11.1 Å². The molecule has 0 fully saturated rings. The molecule has 0 spiro atoms. The Kier molecular flexibility index (Phi) is 4.20. The third-order valence-corrected chi connectivity index (χ3v) is 3.98. The van der Waals surface area contributed by atoms with E-state index in [4.69, 9.17) is 5.73 Å². The van der Waals surface area contributed by atoms with Gasteiger partial charge < -0.3 is 15.8 Å². The van der Waals surface area contributed by atoms with Crippen molar-refractivity contribution in [2.75, 3.05) is 0 Å². The quantitative estimate of drug-likeness (QED) is 0.775. The molecule has 0 aliphatic heterocycles. The van der Waals surface area contributed by atoms with Crippen molar-refractivity contribution in [3.63, 3.8) is 0 Å². The molecular weight excluding hydrogens is 334 g/mol. The van der Waals surface area contributed by atoms with Gasteiger partial charge in [0.05, 0.1) is 6.04 Å². The standard InChI is InChI=1S/C15H18BrN3O2/c1-15(2,3)11(17)12-18-13(20)10(14(21)19-12)8-6-4-5-7-9(8)16/h4-7,11H,17H2,1-3H3,(H2,18,19,20,21). The minimum absolute atomic E-state index is 0.132. The number of halogens is 1. The molecule has 0 aliphatic rings. The minimum atomic E-state index is -0.482. The lowest BCUT2D eigenvalue weighted by molar-refractivity contribution is 0.311. The summed E-state index contributed by atoms with van der Waals surface area (Å²) < 4.78 is 0.709. The first kappa shape index (κ1) is 15.7. The van der Waals surface area contributed by atoms with Crippen molar-refractivity contribution in [3.05, 3.63) is 44.9 Å². The third kappa shape index (κ3) is 3.16. The maximum absolute atomic E-state index is 12.3. The highest BCUT2D eigenvalue weighted by Crippen LogP contribution is 2.33. The molecule has 1 aromatic carbocycles. The van der Waals surface area contributed by atoms with Crippen LogP contribution >= 0.6 is 15.9 Å². The second kappa shape index (κ2) is 5.61. The van der Waals surface area contributed by atoms with Crippen molar-refractivity contribution in [3.8, 4) is 17.0 Å². The van der Waals surface area contributed by atoms with Gasteiger partial charge in [-0.3, -0.25) is 4.79 Å². The second-order valence-electron chi connectivity index (χ2n) is 5.97. The molecule has 0 amide bonds. The molecule has 112 valence electrons. The molecule has 2 aromatic rings. The van der Waals surface area contributed by atoms with Crippen molar-refractivity contribution in [1.82, 2.24) is 9.97 Å². The van der Waals surface area contributed by atoms with Crippen molar-refractivity contribution in [2.24, 2.45) is 11.1 Å². The number of nitrogens with one attached hydrogen (secondary N) is 1. The number of hydrogen-bond donors (Lipinski definition) is 3. The van der Waals surface area contributed by atoms with E-state index >= 15 is 0 Å². The SMILES string of the molecule is CC(C)(C)C(N)c1nc(O)c(-c2ccccc2Br)c(=O)[nH]1. The fourth-order valence-electron chi connectivity index (χ4n) is 1.94. The molecule has 0 saturated heterocycles. The highest BCUT2D eigenvalue weighted by Gasteiger charge is 2.26. The average molecular weight is 352 g/mol. The van der Waals surface area contributed by atoms with E-state index in [0.29, 0.717) is 10.0 Å². The number of benzene rings is 1. The summed E-state index contributed by atoms with van der Waals surface area (Å²) in [6, 6.07) is 6.66. The normalized spacial score (nSPS) is 13.2. The Morgan fingerprint density at radius 3 is 2.48 bits per heavy atom. The number of hydrogen-bond acceptors (Lipinski definition) is 4. The third-order valence-electron chi connectivity index (χ3n) is 3.29. The lowest BCUT2D eigenvalue weighted by Gasteiger charge is -2.26. The first-order chi connectivity index (χ1) is 9.71. The fourth-order valence-corrected chi connectivity index (χ4v) is 2.43. The Hall–Kier alpha value is -1.66. The van der Waals surface area contributed by atoms with Gasteiger partial charge in [0, 0.05) is 10.0 Å². The van der Waals surface area contributed by atoms with E-state index in [1.54, 1.807) is 18.2 Å². The van der Waals surface area contributed by atoms with E-state index < -0.39 is 11.6 Å². The van der Waals surface area contributed by atoms with Gasteiger partial charge in [-0.1, -0.05) is 54.9 Å². The summed E-state index contributed by atoms with van der Waals surface area (Å²) in [6.45, 7) is 5.82. The monoisotopic (exact) mass is 351 g/mol. The Morgan fingerprint density at radius 2 is 1.95 bits per heavy atom. The summed E-state index contributed by atoms with van der Waals surface area (Å²) in [7, 11) is 0. The molecular formula is C15H18BrN3O2. The number of aromatic amines is 1. The highest BCUT2D eigenvalue weighted by atomic mass is 79.9. The van der Waals surface area contributed by atoms with Crippen LogP contribution in [0.1, 0.15) is 32.6 Å². The van der Waals surface area contributed by atoms with Gasteiger partial charge in [0.25, 0.3) is 5.56 Å². The van der Waals surface area contributed by atoms with E-state index in [1.807, 2.05) is 26.8 Å². The molecule has 1 atom stereocenters. The summed E-state index contributed by atoms with van der Waals surface area (Å²) in [5.41, 5.74) is 6.10. The summed E-state index contributed by atoms with van der Waals surface area (Å²) >= 11 is 3.36. The first-order valence-electron chi connectivity index (χ1n) is 6.55. The van der Waals surface area contributed by atoms with Crippen LogP contribution in [0.15, 0.2) is 33.5 Å². The molecule has 1 heterocycles. The number of H-pyrrole nitrogens is 1. The molecule has 1 unspecified atom stereocenters. The highest BCUT2D eigenvalue weighted by molar-refractivity contribution is 9.10. The van der Waals surface area contributed by atoms with Crippen molar-refractivity contribution < 1.29 is 5.11 Å². The van der Waals surface area contributed by atoms with Gasteiger partial charge in [0.2, 0.25) is 5.88 Å². The summed E-state index contributed by atoms with van der Waals surface area (Å²) in [5.74, 6) is -0.0406. The predicted molar refractivity (Wildman–Crippen MR) is 86.0 cm³/mol. The van der Waals surface area contributed by atoms with Crippen LogP contribution in [0.3, 0.4) is 0 Å². The average Bonchev–Trinajstić information content (AvgIpc) is 2.38. The lowest BCUT2D eigenvalue weighted by Crippen LogP contribution is -2.30. The molecule has 21 heavy (non-hydrogen) atoms. The van der Waals surface area contributed by atoms with Crippen LogP contribution in [0.2, 0.25) is 0 Å². The van der Waals surface area contributed by atoms with E-state index in [0.717, 1.165) is 0 Å². The molecule has 6 heteroatoms. The van der Waals surface area contributed by atoms with Gasteiger partial charge in [0.15, 0.2) is 0 Å². The molecule has 0 radical (unpaired) electrons. The number of aromatic hydroxyl groups is 1. The molecule has 1 aromatic heterocycles. The van der Waals surface area contributed by atoms with Crippen LogP contribution in [0.5, 0.6) is 5.88 Å². The van der Waals surface area contributed by atoms with Crippen LogP contribution in [-0.2, 0) is 0 Å². The zero-order chi connectivity index (χ0) is 15.8. The van der Waals surface area contributed by atoms with E-state index in [2.05, 4.69) is 25.9 Å². The van der Waals surface area contributed by atoms with Crippen molar-refractivity contribution >= 4 is 15.9 Å². The van der Waals surface area contributed by atoms with Gasteiger partial charge in [0.1, 0.15) is 11.4 Å². The van der Waals surface area contributed by atoms with Crippen LogP contribution < -0.4 is 11.3 Å². The van der Waals surface area contributed by atoms with E-state index in [-0.39, 0.29) is 22.7 Å². The van der Waals surface area contributed by atoms with E-state index in [9.17, 15) is 9.90 Å². The number of nitrogens with zero attached hydrogens (tertiary/aromatic N) is 1. The molecule has 0 bridgehead atoms. The maximum Gasteiger partial charge on any atom is 0.262 e. The molecule has 2 rings (SSSR count).